The van der Waals surface area contributed by atoms with Gasteiger partial charge in [0.15, 0.2) is 0 Å². The van der Waals surface area contributed by atoms with Crippen molar-refractivity contribution < 1.29 is 9.53 Å². The van der Waals surface area contributed by atoms with Crippen molar-refractivity contribution in [3.8, 4) is 11.6 Å². The molecule has 0 aliphatic rings. The highest BCUT2D eigenvalue weighted by Crippen LogP contribution is 2.21. The number of nitrogens with one attached hydrogen (secondary N) is 1. The normalized spacial score (nSPS) is 9.80. The maximum Gasteiger partial charge on any atom is 0.255 e. The Hall–Kier alpha value is -2.89. The molecule has 0 atom stereocenters. The van der Waals surface area contributed by atoms with Crippen molar-refractivity contribution in [3.05, 3.63) is 84.1 Å². The van der Waals surface area contributed by atoms with E-state index in [0.29, 0.717) is 23.7 Å². The van der Waals surface area contributed by atoms with Crippen LogP contribution in [0.1, 0.15) is 15.9 Å². The van der Waals surface area contributed by atoms with Crippen LogP contribution in [0, 0.1) is 0 Å². The van der Waals surface area contributed by atoms with Crippen LogP contribution in [0.25, 0.3) is 0 Å². The van der Waals surface area contributed by atoms with Gasteiger partial charge >= 0.3 is 0 Å². The average molecular weight is 356 g/mol. The van der Waals surface area contributed by atoms with Crippen molar-refractivity contribution >= 4 is 24.0 Å². The van der Waals surface area contributed by atoms with Crippen molar-refractivity contribution in [3.63, 3.8) is 0 Å². The molecule has 3 aromatic rings. The second-order valence-electron chi connectivity index (χ2n) is 5.16. The summed E-state index contributed by atoms with van der Waals surface area (Å²) in [6, 6.07) is 19.8. The number of pyridine rings is 1. The van der Waals surface area contributed by atoms with E-state index in [2.05, 4.69) is 10.3 Å². The number of anilines is 1. The number of ether oxygens (including phenoxy) is 1. The molecule has 0 unspecified atom stereocenters. The Morgan fingerprint density at radius 3 is 2.60 bits per heavy atom. The maximum atomic E-state index is 12.3. The fourth-order valence-corrected chi connectivity index (χ4v) is 2.18. The van der Waals surface area contributed by atoms with E-state index in [-0.39, 0.29) is 18.3 Å². The molecule has 25 heavy (non-hydrogen) atoms. The summed E-state index contributed by atoms with van der Waals surface area (Å²) in [7, 11) is 0. The lowest BCUT2D eigenvalue weighted by molar-refractivity contribution is 0.102. The number of benzene rings is 2. The van der Waals surface area contributed by atoms with Crippen LogP contribution in [0.4, 0.5) is 5.69 Å². The predicted molar refractivity (Wildman–Crippen MR) is 100 cm³/mol. The number of nitrogens with zero attached hydrogens (tertiary/aromatic N) is 1. The molecule has 0 aliphatic carbocycles. The first-order valence-electron chi connectivity index (χ1n) is 7.54. The predicted octanol–water partition coefficient (Wildman–Crippen LogP) is 4.01. The lowest BCUT2D eigenvalue weighted by Crippen LogP contribution is -2.11. The van der Waals surface area contributed by atoms with Crippen LogP contribution < -0.4 is 15.8 Å². The first kappa shape index (κ1) is 18.4. The number of amides is 1. The number of hydrogen-bond acceptors (Lipinski definition) is 4. The minimum Gasteiger partial charge on any atom is -0.439 e. The molecule has 5 nitrogen and oxygen atoms in total. The molecule has 2 aromatic carbocycles. The third kappa shape index (κ3) is 5.04. The zero-order chi connectivity index (χ0) is 16.8. The Bertz CT molecular complexity index is 841. The highest BCUT2D eigenvalue weighted by molar-refractivity contribution is 6.04. The van der Waals surface area contributed by atoms with E-state index in [9.17, 15) is 4.79 Å². The van der Waals surface area contributed by atoms with E-state index in [4.69, 9.17) is 10.5 Å². The molecular weight excluding hydrogens is 338 g/mol. The van der Waals surface area contributed by atoms with Crippen molar-refractivity contribution in [1.82, 2.24) is 4.98 Å². The van der Waals surface area contributed by atoms with E-state index in [1.165, 1.54) is 0 Å². The first-order valence-corrected chi connectivity index (χ1v) is 7.54. The summed E-state index contributed by atoms with van der Waals surface area (Å²) in [5, 5.41) is 2.84. The number of nitrogens with two attached hydrogens (primary N) is 1. The van der Waals surface area contributed by atoms with Gasteiger partial charge in [0.05, 0.1) is 0 Å². The molecule has 0 fully saturated rings. The monoisotopic (exact) mass is 355 g/mol. The fraction of sp³-hybridized carbons (Fsp3) is 0.0526. The third-order valence-electron chi connectivity index (χ3n) is 3.39. The van der Waals surface area contributed by atoms with Crippen molar-refractivity contribution in [1.29, 1.82) is 0 Å². The van der Waals surface area contributed by atoms with Gasteiger partial charge < -0.3 is 15.8 Å². The summed E-state index contributed by atoms with van der Waals surface area (Å²) in [6.45, 7) is 0.415. The highest BCUT2D eigenvalue weighted by atomic mass is 35.5. The minimum atomic E-state index is -0.199. The standard InChI is InChI=1S/C19H17N3O2.ClH/c20-13-14-9-10-21-18(11-14)24-17-8-4-5-15(12-17)19(23)22-16-6-2-1-3-7-16;/h1-12H,13,20H2,(H,22,23);1H. The maximum absolute atomic E-state index is 12.3. The van der Waals surface area contributed by atoms with Crippen molar-refractivity contribution in [2.75, 3.05) is 5.32 Å². The van der Waals surface area contributed by atoms with Crippen molar-refractivity contribution in [2.45, 2.75) is 6.54 Å². The first-order chi connectivity index (χ1) is 11.7. The molecule has 0 aliphatic heterocycles. The van der Waals surface area contributed by atoms with Gasteiger partial charge in [0, 0.05) is 30.1 Å². The van der Waals surface area contributed by atoms with E-state index in [1.807, 2.05) is 36.4 Å². The van der Waals surface area contributed by atoms with Crippen LogP contribution in [-0.4, -0.2) is 10.9 Å². The summed E-state index contributed by atoms with van der Waals surface area (Å²) in [5.41, 5.74) is 7.79. The molecule has 1 aromatic heterocycles. The quantitative estimate of drug-likeness (QED) is 0.725. The van der Waals surface area contributed by atoms with E-state index in [0.717, 1.165) is 11.3 Å². The molecule has 0 saturated heterocycles. The Balaban J connectivity index is 0.00000225. The van der Waals surface area contributed by atoms with Gasteiger partial charge in [-0.05, 0) is 42.0 Å². The van der Waals surface area contributed by atoms with E-state index < -0.39 is 0 Å². The van der Waals surface area contributed by atoms with Gasteiger partial charge in [0.2, 0.25) is 5.88 Å². The number of halogens is 1. The number of hydrogen-bond donors (Lipinski definition) is 2. The molecule has 1 amide bonds. The number of carbonyl (C=O) groups is 1. The minimum absolute atomic E-state index is 0. The SMILES string of the molecule is Cl.NCc1ccnc(Oc2cccc(C(=O)Nc3ccccc3)c2)c1. The molecule has 3 rings (SSSR count). The summed E-state index contributed by atoms with van der Waals surface area (Å²) < 4.78 is 5.72. The van der Waals surface area contributed by atoms with Crippen LogP contribution in [0.5, 0.6) is 11.6 Å². The second-order valence-corrected chi connectivity index (χ2v) is 5.16. The summed E-state index contributed by atoms with van der Waals surface area (Å²) >= 11 is 0. The Morgan fingerprint density at radius 2 is 1.84 bits per heavy atom. The van der Waals surface area contributed by atoms with Crippen LogP contribution in [0.15, 0.2) is 72.9 Å². The van der Waals surface area contributed by atoms with Crippen LogP contribution >= 0.6 is 12.4 Å². The van der Waals surface area contributed by atoms with E-state index in [1.54, 1.807) is 36.5 Å². The highest BCUT2D eigenvalue weighted by Gasteiger charge is 2.08. The molecule has 1 heterocycles. The topological polar surface area (TPSA) is 77.2 Å². The lowest BCUT2D eigenvalue weighted by atomic mass is 10.2. The Morgan fingerprint density at radius 1 is 1.04 bits per heavy atom. The summed E-state index contributed by atoms with van der Waals surface area (Å²) in [6.07, 6.45) is 1.64. The number of carbonyl (C=O) groups excluding carboxylic acids is 1. The molecule has 6 heteroatoms. The van der Waals surface area contributed by atoms with Crippen LogP contribution in [-0.2, 0) is 6.54 Å². The zero-order valence-electron chi connectivity index (χ0n) is 13.4. The number of rotatable bonds is 5. The van der Waals surface area contributed by atoms with Gasteiger partial charge in [0.1, 0.15) is 5.75 Å². The smallest absolute Gasteiger partial charge is 0.255 e. The number of aromatic nitrogens is 1. The zero-order valence-corrected chi connectivity index (χ0v) is 14.2. The van der Waals surface area contributed by atoms with Crippen molar-refractivity contribution in [2.24, 2.45) is 5.73 Å². The molecular formula is C19H18ClN3O2. The Kier molecular flexibility index (Phi) is 6.51. The molecule has 0 radical (unpaired) electrons. The van der Waals surface area contributed by atoms with Gasteiger partial charge in [-0.25, -0.2) is 4.98 Å². The average Bonchev–Trinajstić information content (AvgIpc) is 2.63. The Labute approximate surface area is 152 Å². The molecule has 0 spiro atoms. The summed E-state index contributed by atoms with van der Waals surface area (Å²) in [5.74, 6) is 0.784. The van der Waals surface area contributed by atoms with Gasteiger partial charge in [-0.3, -0.25) is 4.79 Å². The van der Waals surface area contributed by atoms with Gasteiger partial charge in [0.25, 0.3) is 5.91 Å². The second kappa shape index (κ2) is 8.82. The van der Waals surface area contributed by atoms with Crippen LogP contribution in [0.3, 0.4) is 0 Å². The molecule has 0 bridgehead atoms. The fourth-order valence-electron chi connectivity index (χ4n) is 2.18. The van der Waals surface area contributed by atoms with Crippen LogP contribution in [0.2, 0.25) is 0 Å². The lowest BCUT2D eigenvalue weighted by Gasteiger charge is -2.08. The number of para-hydroxylation sites is 1. The summed E-state index contributed by atoms with van der Waals surface area (Å²) in [4.78, 5) is 16.5. The molecule has 0 saturated carbocycles. The van der Waals surface area contributed by atoms with Gasteiger partial charge in [-0.15, -0.1) is 12.4 Å². The van der Waals surface area contributed by atoms with Gasteiger partial charge in [-0.2, -0.15) is 0 Å². The largest absolute Gasteiger partial charge is 0.439 e. The third-order valence-corrected chi connectivity index (χ3v) is 3.39. The van der Waals surface area contributed by atoms with E-state index >= 15 is 0 Å². The molecule has 3 N–H and O–H groups in total. The van der Waals surface area contributed by atoms with Gasteiger partial charge in [-0.1, -0.05) is 24.3 Å². The molecule has 128 valence electrons.